The molecule has 0 aromatic heterocycles. The lowest BCUT2D eigenvalue weighted by Crippen LogP contribution is -2.39. The Labute approximate surface area is 190 Å². The maximum absolute atomic E-state index is 13.2. The van der Waals surface area contributed by atoms with E-state index in [2.05, 4.69) is 33.4 Å². The number of hydrogen-bond acceptors (Lipinski definition) is 3. The lowest BCUT2D eigenvalue weighted by Gasteiger charge is -2.28. The van der Waals surface area contributed by atoms with Crippen molar-refractivity contribution in [2.75, 3.05) is 11.9 Å². The molecule has 1 N–H and O–H groups in total. The van der Waals surface area contributed by atoms with Crippen LogP contribution in [0.2, 0.25) is 0 Å². The van der Waals surface area contributed by atoms with Crippen LogP contribution < -0.4 is 5.32 Å². The highest BCUT2D eigenvalue weighted by atomic mass is 79.9. The summed E-state index contributed by atoms with van der Waals surface area (Å²) in [6.45, 7) is 3.70. The van der Waals surface area contributed by atoms with Gasteiger partial charge in [0.15, 0.2) is 0 Å². The molecule has 5 rings (SSSR count). The molecule has 5 atom stereocenters. The van der Waals surface area contributed by atoms with E-state index in [4.69, 9.17) is 0 Å². The minimum absolute atomic E-state index is 0.159. The SMILES string of the molecule is Cc1c(Br)ccc(NC(=O)CN2C(=O)[C@H]3[C@H]4C[C@@H]([C@@H]3C2=O)[C@@H](c2ccccc2)C4)c1C. The van der Waals surface area contributed by atoms with E-state index in [1.807, 2.05) is 44.2 Å². The summed E-state index contributed by atoms with van der Waals surface area (Å²) in [5, 5.41) is 2.88. The monoisotopic (exact) mass is 480 g/mol. The third-order valence-corrected chi connectivity index (χ3v) is 8.49. The van der Waals surface area contributed by atoms with E-state index < -0.39 is 0 Å². The number of carbonyl (C=O) groups excluding carboxylic acids is 3. The molecule has 3 fully saturated rings. The van der Waals surface area contributed by atoms with Crippen LogP contribution in [0, 0.1) is 37.5 Å². The van der Waals surface area contributed by atoms with Gasteiger partial charge in [-0.1, -0.05) is 46.3 Å². The Morgan fingerprint density at radius 2 is 1.71 bits per heavy atom. The molecule has 3 amide bonds. The second-order valence-electron chi connectivity index (χ2n) is 9.12. The molecule has 160 valence electrons. The summed E-state index contributed by atoms with van der Waals surface area (Å²) in [6, 6.07) is 14.0. The fraction of sp³-hybridized carbons (Fsp3) is 0.400. The number of imide groups is 1. The third kappa shape index (κ3) is 3.23. The molecule has 2 saturated carbocycles. The van der Waals surface area contributed by atoms with Gasteiger partial charge in [0.2, 0.25) is 17.7 Å². The maximum Gasteiger partial charge on any atom is 0.244 e. The van der Waals surface area contributed by atoms with Gasteiger partial charge in [-0.05, 0) is 73.3 Å². The number of amides is 3. The summed E-state index contributed by atoms with van der Waals surface area (Å²) in [5.41, 5.74) is 3.96. The van der Waals surface area contributed by atoms with Crippen molar-refractivity contribution < 1.29 is 14.4 Å². The first-order chi connectivity index (χ1) is 14.9. The first kappa shape index (κ1) is 20.4. The number of benzene rings is 2. The number of carbonyl (C=O) groups is 3. The van der Waals surface area contributed by atoms with Crippen molar-refractivity contribution in [3.05, 3.63) is 63.6 Å². The topological polar surface area (TPSA) is 66.5 Å². The summed E-state index contributed by atoms with van der Waals surface area (Å²) in [6.07, 6.45) is 1.88. The first-order valence-electron chi connectivity index (χ1n) is 10.8. The van der Waals surface area contributed by atoms with Crippen molar-refractivity contribution in [3.63, 3.8) is 0 Å². The standard InChI is InChI=1S/C25H25BrN2O3/c1-13-14(2)20(9-8-19(13)26)27-21(29)12-28-24(30)22-16-10-17(15-6-4-3-5-7-15)18(11-16)23(22)25(28)31/h3-9,16-18,22-23H,10-12H2,1-2H3,(H,27,29)/t16-,17-,18-,22+,23+/m1/s1. The van der Waals surface area contributed by atoms with Gasteiger partial charge in [-0.2, -0.15) is 0 Å². The van der Waals surface area contributed by atoms with E-state index in [-0.39, 0.29) is 47.9 Å². The molecule has 31 heavy (non-hydrogen) atoms. The van der Waals surface area contributed by atoms with Crippen LogP contribution in [0.15, 0.2) is 46.9 Å². The summed E-state index contributed by atoms with van der Waals surface area (Å²) >= 11 is 3.49. The summed E-state index contributed by atoms with van der Waals surface area (Å²) in [7, 11) is 0. The minimum atomic E-state index is -0.335. The van der Waals surface area contributed by atoms with Crippen LogP contribution in [0.25, 0.3) is 0 Å². The molecular weight excluding hydrogens is 456 g/mol. The molecule has 5 nitrogen and oxygen atoms in total. The van der Waals surface area contributed by atoms with Crippen LogP contribution in [0.4, 0.5) is 5.69 Å². The van der Waals surface area contributed by atoms with Gasteiger partial charge < -0.3 is 5.32 Å². The van der Waals surface area contributed by atoms with Gasteiger partial charge in [-0.15, -0.1) is 0 Å². The van der Waals surface area contributed by atoms with Gasteiger partial charge in [0.25, 0.3) is 0 Å². The number of fused-ring (bicyclic) bond motifs is 5. The highest BCUT2D eigenvalue weighted by Gasteiger charge is 2.63. The molecule has 2 aromatic rings. The van der Waals surface area contributed by atoms with E-state index in [0.717, 1.165) is 28.4 Å². The Bertz CT molecular complexity index is 1080. The summed E-state index contributed by atoms with van der Waals surface area (Å²) in [4.78, 5) is 40.3. The normalized spacial score (nSPS) is 28.9. The van der Waals surface area contributed by atoms with Crippen molar-refractivity contribution in [3.8, 4) is 0 Å². The van der Waals surface area contributed by atoms with Crippen molar-refractivity contribution in [1.29, 1.82) is 0 Å². The van der Waals surface area contributed by atoms with Gasteiger partial charge in [0, 0.05) is 10.2 Å². The Balaban J connectivity index is 1.32. The number of rotatable bonds is 4. The zero-order valence-electron chi connectivity index (χ0n) is 17.6. The average Bonchev–Trinajstić information content (AvgIpc) is 3.43. The molecule has 1 aliphatic heterocycles. The molecule has 2 aliphatic carbocycles. The van der Waals surface area contributed by atoms with Crippen LogP contribution >= 0.6 is 15.9 Å². The van der Waals surface area contributed by atoms with E-state index in [1.165, 1.54) is 10.5 Å². The largest absolute Gasteiger partial charge is 0.324 e. The number of anilines is 1. The molecule has 1 saturated heterocycles. The predicted octanol–water partition coefficient (Wildman–Crippen LogP) is 4.43. The van der Waals surface area contributed by atoms with E-state index in [0.29, 0.717) is 11.6 Å². The van der Waals surface area contributed by atoms with Crippen LogP contribution in [0.3, 0.4) is 0 Å². The maximum atomic E-state index is 13.2. The quantitative estimate of drug-likeness (QED) is 0.658. The zero-order valence-corrected chi connectivity index (χ0v) is 19.2. The predicted molar refractivity (Wildman–Crippen MR) is 121 cm³/mol. The van der Waals surface area contributed by atoms with Crippen molar-refractivity contribution in [2.24, 2.45) is 23.7 Å². The number of hydrogen-bond donors (Lipinski definition) is 1. The van der Waals surface area contributed by atoms with Gasteiger partial charge in [0.05, 0.1) is 11.8 Å². The molecule has 1 heterocycles. The van der Waals surface area contributed by atoms with Gasteiger partial charge in [-0.25, -0.2) is 0 Å². The zero-order chi connectivity index (χ0) is 21.9. The minimum Gasteiger partial charge on any atom is -0.324 e. The highest BCUT2D eigenvalue weighted by Crippen LogP contribution is 2.61. The van der Waals surface area contributed by atoms with Crippen molar-refractivity contribution in [2.45, 2.75) is 32.6 Å². The number of likely N-dealkylation sites (tertiary alicyclic amines) is 1. The van der Waals surface area contributed by atoms with Crippen LogP contribution in [0.5, 0.6) is 0 Å². The van der Waals surface area contributed by atoms with Crippen LogP contribution in [-0.4, -0.2) is 29.2 Å². The Morgan fingerprint density at radius 3 is 2.45 bits per heavy atom. The summed E-state index contributed by atoms with van der Waals surface area (Å²) in [5.74, 6) is -0.429. The summed E-state index contributed by atoms with van der Waals surface area (Å²) < 4.78 is 0.976. The van der Waals surface area contributed by atoms with Gasteiger partial charge >= 0.3 is 0 Å². The highest BCUT2D eigenvalue weighted by molar-refractivity contribution is 9.10. The van der Waals surface area contributed by atoms with E-state index in [1.54, 1.807) is 0 Å². The second-order valence-corrected chi connectivity index (χ2v) is 9.97. The second kappa shape index (κ2) is 7.59. The Morgan fingerprint density at radius 1 is 1.00 bits per heavy atom. The van der Waals surface area contributed by atoms with E-state index in [9.17, 15) is 14.4 Å². The Hall–Kier alpha value is -2.47. The molecular formula is C25H25BrN2O3. The van der Waals surface area contributed by atoms with Crippen molar-refractivity contribution >= 4 is 39.3 Å². The smallest absolute Gasteiger partial charge is 0.244 e. The molecule has 0 radical (unpaired) electrons. The lowest BCUT2D eigenvalue weighted by molar-refractivity contribution is -0.143. The number of nitrogens with one attached hydrogen (secondary N) is 1. The number of halogens is 1. The fourth-order valence-corrected chi connectivity index (χ4v) is 6.45. The van der Waals surface area contributed by atoms with Crippen LogP contribution in [0.1, 0.15) is 35.4 Å². The lowest BCUT2D eigenvalue weighted by atomic mass is 9.73. The molecule has 3 aliphatic rings. The number of nitrogens with zero attached hydrogens (tertiary/aromatic N) is 1. The molecule has 6 heteroatoms. The van der Waals surface area contributed by atoms with E-state index >= 15 is 0 Å². The van der Waals surface area contributed by atoms with Crippen LogP contribution in [-0.2, 0) is 14.4 Å². The molecule has 2 aromatic carbocycles. The van der Waals surface area contributed by atoms with Crippen molar-refractivity contribution in [1.82, 2.24) is 4.90 Å². The fourth-order valence-electron chi connectivity index (χ4n) is 6.02. The molecule has 0 unspecified atom stereocenters. The Kier molecular flexibility index (Phi) is 5.00. The first-order valence-corrected chi connectivity index (χ1v) is 11.6. The molecule has 0 spiro atoms. The molecule has 2 bridgehead atoms. The average molecular weight is 481 g/mol. The van der Waals surface area contributed by atoms with Gasteiger partial charge in [0.1, 0.15) is 6.54 Å². The third-order valence-electron chi connectivity index (χ3n) is 7.63. The van der Waals surface area contributed by atoms with Gasteiger partial charge in [-0.3, -0.25) is 19.3 Å².